The summed E-state index contributed by atoms with van der Waals surface area (Å²) in [6.07, 6.45) is 1.46. The molecule has 0 radical (unpaired) electrons. The number of hydrogen-bond donors (Lipinski definition) is 1. The molecule has 0 atom stereocenters. The lowest BCUT2D eigenvalue weighted by Crippen LogP contribution is -2.06. The van der Waals surface area contributed by atoms with E-state index in [1.807, 2.05) is 53.9 Å². The zero-order chi connectivity index (χ0) is 23.2. The molecule has 2 aromatic heterocycles. The van der Waals surface area contributed by atoms with Crippen molar-refractivity contribution in [2.24, 2.45) is 0 Å². The Hall–Kier alpha value is -3.78. The maximum atomic E-state index is 12.3. The number of anilines is 1. The third-order valence-corrected chi connectivity index (χ3v) is 6.04. The second kappa shape index (κ2) is 10.2. The number of esters is 1. The smallest absolute Gasteiger partial charge is 0.341 e. The number of carbonyl (C=O) groups excluding carboxylic acids is 1. The molecule has 4 aromatic rings. The van der Waals surface area contributed by atoms with Gasteiger partial charge in [0, 0.05) is 28.8 Å². The molecule has 33 heavy (non-hydrogen) atoms. The van der Waals surface area contributed by atoms with Crippen molar-refractivity contribution >= 4 is 33.2 Å². The zero-order valence-electron chi connectivity index (χ0n) is 18.4. The van der Waals surface area contributed by atoms with E-state index in [1.54, 1.807) is 14.0 Å². The Kier molecular flexibility index (Phi) is 6.95. The first-order valence-corrected chi connectivity index (χ1v) is 11.3. The van der Waals surface area contributed by atoms with E-state index in [4.69, 9.17) is 24.7 Å². The van der Waals surface area contributed by atoms with Gasteiger partial charge in [0.25, 0.3) is 0 Å². The molecule has 0 aliphatic rings. The summed E-state index contributed by atoms with van der Waals surface area (Å²) < 4.78 is 23.2. The monoisotopic (exact) mass is 464 g/mol. The number of para-hydroxylation sites is 1. The van der Waals surface area contributed by atoms with E-state index in [0.29, 0.717) is 41.5 Å². The zero-order valence-corrected chi connectivity index (χ0v) is 19.2. The van der Waals surface area contributed by atoms with Crippen LogP contribution in [-0.2, 0) is 18.0 Å². The highest BCUT2D eigenvalue weighted by Crippen LogP contribution is 2.34. The highest BCUT2D eigenvalue weighted by molar-refractivity contribution is 7.17. The standard InChI is InChI=1S/C25H24N2O5S/c1-3-30-25(28)20-12-27-24(26)22-17(15-33-23(20)22)14-32-19-9-6-8-18(11-19)31-13-16-7-4-5-10-21(16)29-2/h4-12,15H,3,13-14H2,1-2H3,(H2,26,27). The Morgan fingerprint density at radius 3 is 2.48 bits per heavy atom. The molecule has 4 rings (SSSR count). The molecule has 170 valence electrons. The van der Waals surface area contributed by atoms with Gasteiger partial charge in [0.05, 0.1) is 24.0 Å². The number of nitrogens with zero attached hydrogens (tertiary/aromatic N) is 1. The molecular weight excluding hydrogens is 440 g/mol. The molecule has 2 N–H and O–H groups in total. The molecule has 0 fully saturated rings. The number of nitrogens with two attached hydrogens (primary N) is 1. The summed E-state index contributed by atoms with van der Waals surface area (Å²) in [5.74, 6) is 2.05. The Labute approximate surface area is 195 Å². The highest BCUT2D eigenvalue weighted by atomic mass is 32.1. The molecule has 0 aliphatic heterocycles. The van der Waals surface area contributed by atoms with Crippen LogP contribution in [0.15, 0.2) is 60.1 Å². The van der Waals surface area contributed by atoms with E-state index >= 15 is 0 Å². The van der Waals surface area contributed by atoms with Crippen molar-refractivity contribution < 1.29 is 23.7 Å². The number of methoxy groups -OCH3 is 1. The Morgan fingerprint density at radius 2 is 1.76 bits per heavy atom. The van der Waals surface area contributed by atoms with Crippen LogP contribution in [0.2, 0.25) is 0 Å². The predicted molar refractivity (Wildman–Crippen MR) is 128 cm³/mol. The number of thiophene rings is 1. The first-order chi connectivity index (χ1) is 16.1. The lowest BCUT2D eigenvalue weighted by molar-refractivity contribution is 0.0528. The summed E-state index contributed by atoms with van der Waals surface area (Å²) in [5.41, 5.74) is 8.33. The first-order valence-electron chi connectivity index (χ1n) is 10.4. The summed E-state index contributed by atoms with van der Waals surface area (Å²) in [7, 11) is 1.64. The molecule has 2 aromatic carbocycles. The third kappa shape index (κ3) is 5.01. The van der Waals surface area contributed by atoms with E-state index < -0.39 is 5.97 Å². The molecule has 0 amide bonds. The van der Waals surface area contributed by atoms with Gasteiger partial charge in [-0.3, -0.25) is 0 Å². The number of fused-ring (bicyclic) bond motifs is 1. The lowest BCUT2D eigenvalue weighted by atomic mass is 10.1. The minimum absolute atomic E-state index is 0.272. The topological polar surface area (TPSA) is 92.9 Å². The number of hydrogen-bond acceptors (Lipinski definition) is 8. The van der Waals surface area contributed by atoms with Crippen LogP contribution in [0.3, 0.4) is 0 Å². The van der Waals surface area contributed by atoms with Crippen molar-refractivity contribution in [3.05, 3.63) is 76.8 Å². The second-order valence-electron chi connectivity index (χ2n) is 7.11. The van der Waals surface area contributed by atoms with Crippen LogP contribution in [-0.4, -0.2) is 24.7 Å². The Bertz CT molecular complexity index is 1270. The van der Waals surface area contributed by atoms with Crippen LogP contribution in [0, 0.1) is 0 Å². The van der Waals surface area contributed by atoms with E-state index in [0.717, 1.165) is 21.6 Å². The molecule has 7 nitrogen and oxygen atoms in total. The first kappa shape index (κ1) is 22.4. The number of benzene rings is 2. The number of rotatable bonds is 9. The molecule has 8 heteroatoms. The quantitative estimate of drug-likeness (QED) is 0.339. The van der Waals surface area contributed by atoms with Crippen molar-refractivity contribution in [3.8, 4) is 17.2 Å². The van der Waals surface area contributed by atoms with Gasteiger partial charge in [-0.25, -0.2) is 9.78 Å². The van der Waals surface area contributed by atoms with Crippen molar-refractivity contribution in [1.82, 2.24) is 4.98 Å². The van der Waals surface area contributed by atoms with Gasteiger partial charge in [-0.2, -0.15) is 0 Å². The number of nitrogen functional groups attached to an aromatic ring is 1. The molecule has 0 saturated carbocycles. The Morgan fingerprint density at radius 1 is 1.03 bits per heavy atom. The summed E-state index contributed by atoms with van der Waals surface area (Å²) in [6.45, 7) is 2.71. The number of pyridine rings is 1. The van der Waals surface area contributed by atoms with Gasteiger partial charge in [0.2, 0.25) is 0 Å². The van der Waals surface area contributed by atoms with Gasteiger partial charge in [0.15, 0.2) is 0 Å². The minimum Gasteiger partial charge on any atom is -0.496 e. The molecule has 0 unspecified atom stereocenters. The molecule has 2 heterocycles. The third-order valence-electron chi connectivity index (χ3n) is 4.98. The summed E-state index contributed by atoms with van der Waals surface area (Å²) >= 11 is 1.42. The summed E-state index contributed by atoms with van der Waals surface area (Å²) in [4.78, 5) is 16.4. The van der Waals surface area contributed by atoms with Crippen LogP contribution in [0.4, 0.5) is 5.82 Å². The van der Waals surface area contributed by atoms with Gasteiger partial charge >= 0.3 is 5.97 Å². The van der Waals surface area contributed by atoms with Crippen LogP contribution >= 0.6 is 11.3 Å². The van der Waals surface area contributed by atoms with Crippen molar-refractivity contribution in [2.75, 3.05) is 19.5 Å². The van der Waals surface area contributed by atoms with Crippen LogP contribution in [0.5, 0.6) is 17.2 Å². The second-order valence-corrected chi connectivity index (χ2v) is 7.99. The van der Waals surface area contributed by atoms with E-state index in [1.165, 1.54) is 17.5 Å². The van der Waals surface area contributed by atoms with E-state index in [9.17, 15) is 4.79 Å². The van der Waals surface area contributed by atoms with Gasteiger partial charge in [-0.1, -0.05) is 24.3 Å². The maximum absolute atomic E-state index is 12.3. The molecule has 0 bridgehead atoms. The van der Waals surface area contributed by atoms with Crippen molar-refractivity contribution in [2.45, 2.75) is 20.1 Å². The number of carbonyl (C=O) groups is 1. The average Bonchev–Trinajstić information content (AvgIpc) is 3.27. The van der Waals surface area contributed by atoms with Gasteiger partial charge in [0.1, 0.15) is 36.3 Å². The fraction of sp³-hybridized carbons (Fsp3) is 0.200. The Balaban J connectivity index is 1.47. The van der Waals surface area contributed by atoms with Gasteiger partial charge in [-0.15, -0.1) is 11.3 Å². The average molecular weight is 465 g/mol. The molecule has 0 spiro atoms. The van der Waals surface area contributed by atoms with Gasteiger partial charge in [-0.05, 0) is 30.5 Å². The molecule has 0 saturated heterocycles. The van der Waals surface area contributed by atoms with Crippen LogP contribution in [0.25, 0.3) is 10.1 Å². The maximum Gasteiger partial charge on any atom is 0.341 e. The largest absolute Gasteiger partial charge is 0.496 e. The summed E-state index contributed by atoms with van der Waals surface area (Å²) in [5, 5.41) is 2.64. The van der Waals surface area contributed by atoms with Crippen molar-refractivity contribution in [3.63, 3.8) is 0 Å². The summed E-state index contributed by atoms with van der Waals surface area (Å²) in [6, 6.07) is 15.2. The predicted octanol–water partition coefficient (Wildman–Crippen LogP) is 5.22. The normalized spacial score (nSPS) is 10.7. The number of ether oxygens (including phenoxy) is 4. The SMILES string of the molecule is CCOC(=O)c1cnc(N)c2c(COc3cccc(OCc4ccccc4OC)c3)csc12. The number of aromatic nitrogens is 1. The van der Waals surface area contributed by atoms with E-state index in [-0.39, 0.29) is 6.61 Å². The fourth-order valence-corrected chi connectivity index (χ4v) is 4.45. The molecular formula is C25H24N2O5S. The van der Waals surface area contributed by atoms with E-state index in [2.05, 4.69) is 4.98 Å². The van der Waals surface area contributed by atoms with Crippen LogP contribution < -0.4 is 19.9 Å². The highest BCUT2D eigenvalue weighted by Gasteiger charge is 2.18. The fourth-order valence-electron chi connectivity index (χ4n) is 3.39. The molecule has 0 aliphatic carbocycles. The lowest BCUT2D eigenvalue weighted by Gasteiger charge is -2.12. The van der Waals surface area contributed by atoms with Crippen molar-refractivity contribution in [1.29, 1.82) is 0 Å². The van der Waals surface area contributed by atoms with Crippen LogP contribution in [0.1, 0.15) is 28.4 Å². The van der Waals surface area contributed by atoms with Gasteiger partial charge < -0.3 is 24.7 Å². The minimum atomic E-state index is -0.413.